The quantitative estimate of drug-likeness (QED) is 0.358. The van der Waals surface area contributed by atoms with Crippen LogP contribution in [0.15, 0.2) is 58.3 Å². The maximum atomic E-state index is 13.9. The van der Waals surface area contributed by atoms with E-state index in [1.165, 1.54) is 0 Å². The van der Waals surface area contributed by atoms with Crippen LogP contribution in [0.2, 0.25) is 0 Å². The highest BCUT2D eigenvalue weighted by molar-refractivity contribution is 6.04. The van der Waals surface area contributed by atoms with Gasteiger partial charge in [-0.3, -0.25) is 9.36 Å². The van der Waals surface area contributed by atoms with Gasteiger partial charge in [0.15, 0.2) is 5.84 Å². The second kappa shape index (κ2) is 12.2. The largest absolute Gasteiger partial charge is 0.391 e. The van der Waals surface area contributed by atoms with Gasteiger partial charge >= 0.3 is 0 Å². The van der Waals surface area contributed by atoms with Crippen molar-refractivity contribution < 1.29 is 15.1 Å². The molecular formula is C31H40N4O4. The van der Waals surface area contributed by atoms with Crippen LogP contribution < -0.4 is 11.0 Å². The third-order valence-electron chi connectivity index (χ3n) is 7.19. The van der Waals surface area contributed by atoms with Crippen molar-refractivity contribution in [1.29, 1.82) is 0 Å². The molecule has 0 amide bonds. The molecule has 1 aliphatic rings. The van der Waals surface area contributed by atoms with E-state index in [2.05, 4.69) is 17.4 Å². The number of hydroxylamine groups is 1. The number of hydrogen-bond donors (Lipinski definition) is 3. The van der Waals surface area contributed by atoms with E-state index in [9.17, 15) is 15.0 Å². The van der Waals surface area contributed by atoms with Crippen LogP contribution >= 0.6 is 0 Å². The molecule has 2 atom stereocenters. The Bertz CT molecular complexity index is 1370. The molecule has 1 aliphatic heterocycles. The monoisotopic (exact) mass is 532 g/mol. The number of aromatic nitrogens is 2. The Hall–Kier alpha value is -3.33. The first-order chi connectivity index (χ1) is 18.6. The molecule has 0 radical (unpaired) electrons. The van der Waals surface area contributed by atoms with E-state index in [0.717, 1.165) is 53.0 Å². The van der Waals surface area contributed by atoms with Crippen LogP contribution in [-0.4, -0.2) is 38.1 Å². The van der Waals surface area contributed by atoms with Gasteiger partial charge in [0.25, 0.3) is 12.0 Å². The molecular weight excluding hydrogens is 492 g/mol. The topological polar surface area (TPSA) is 109 Å². The molecule has 0 fully saturated rings. The fourth-order valence-electron chi connectivity index (χ4n) is 4.66. The lowest BCUT2D eigenvalue weighted by Gasteiger charge is -2.27. The Morgan fingerprint density at radius 1 is 1.08 bits per heavy atom. The van der Waals surface area contributed by atoms with Gasteiger partial charge in [0, 0.05) is 24.0 Å². The zero-order valence-electron chi connectivity index (χ0n) is 23.6. The van der Waals surface area contributed by atoms with E-state index >= 15 is 0 Å². The molecule has 8 heteroatoms. The Morgan fingerprint density at radius 2 is 1.77 bits per heavy atom. The molecule has 2 unspecified atom stereocenters. The van der Waals surface area contributed by atoms with Gasteiger partial charge in [-0.05, 0) is 34.9 Å². The van der Waals surface area contributed by atoms with Crippen molar-refractivity contribution >= 4 is 5.84 Å². The molecule has 0 aliphatic carbocycles. The minimum atomic E-state index is -1.22. The van der Waals surface area contributed by atoms with Crippen LogP contribution in [0.3, 0.4) is 0 Å². The van der Waals surface area contributed by atoms with E-state index in [1.54, 1.807) is 4.57 Å². The zero-order valence-corrected chi connectivity index (χ0v) is 23.6. The lowest BCUT2D eigenvalue weighted by molar-refractivity contribution is -0.102. The summed E-state index contributed by atoms with van der Waals surface area (Å²) in [6, 6.07) is 15.9. The van der Waals surface area contributed by atoms with Gasteiger partial charge < -0.3 is 10.2 Å². The lowest BCUT2D eigenvalue weighted by Crippen LogP contribution is -2.38. The van der Waals surface area contributed by atoms with E-state index < -0.39 is 12.5 Å². The average molecular weight is 533 g/mol. The molecule has 0 spiro atoms. The Balaban J connectivity index is 1.68. The van der Waals surface area contributed by atoms with Gasteiger partial charge in [0.05, 0.1) is 18.3 Å². The molecule has 0 bridgehead atoms. The standard InChI is InChI=1S/C31H40N4O4/c1-6-8-13-25-24(29(37)35(27(7-2)32-25)19-26(36)31(3,4)5)18-20-14-16-21(17-15-20)22-11-9-10-12-23(22)28-33-30(38)39-34-28/h9-12,14-17,26,30,36,38H,6-8,13,18-19H2,1-5H3,(H,33,34). The Labute approximate surface area is 230 Å². The normalized spacial score (nSPS) is 16.2. The molecule has 1 aromatic heterocycles. The summed E-state index contributed by atoms with van der Waals surface area (Å²) in [7, 11) is 0. The van der Waals surface area contributed by atoms with E-state index in [4.69, 9.17) is 9.82 Å². The van der Waals surface area contributed by atoms with Crippen LogP contribution in [0, 0.1) is 5.41 Å². The second-order valence-electron chi connectivity index (χ2n) is 11.2. The van der Waals surface area contributed by atoms with Crippen molar-refractivity contribution in [2.45, 2.75) is 85.8 Å². The second-order valence-corrected chi connectivity index (χ2v) is 11.2. The number of aryl methyl sites for hydroxylation is 2. The number of aliphatic hydroxyl groups excluding tert-OH is 2. The summed E-state index contributed by atoms with van der Waals surface area (Å²) >= 11 is 0. The van der Waals surface area contributed by atoms with Crippen molar-refractivity contribution in [2.75, 3.05) is 0 Å². The molecule has 3 N–H and O–H groups in total. The highest BCUT2D eigenvalue weighted by Gasteiger charge is 2.25. The number of unbranched alkanes of at least 4 members (excludes halogenated alkanes) is 1. The number of hydrogen-bond acceptors (Lipinski definition) is 7. The molecule has 39 heavy (non-hydrogen) atoms. The van der Waals surface area contributed by atoms with Crippen LogP contribution in [0.25, 0.3) is 11.1 Å². The summed E-state index contributed by atoms with van der Waals surface area (Å²) in [6.45, 7) is 10.3. The van der Waals surface area contributed by atoms with Gasteiger partial charge in [-0.25, -0.2) is 20.3 Å². The molecule has 3 aromatic rings. The fraction of sp³-hybridized carbons (Fsp3) is 0.452. The van der Waals surface area contributed by atoms with Gasteiger partial charge in [-0.1, -0.05) is 89.6 Å². The number of benzene rings is 2. The van der Waals surface area contributed by atoms with Gasteiger partial charge in [-0.2, -0.15) is 0 Å². The third kappa shape index (κ3) is 6.64. The highest BCUT2D eigenvalue weighted by atomic mass is 16.7. The Kier molecular flexibility index (Phi) is 9.00. The van der Waals surface area contributed by atoms with Gasteiger partial charge in [0.2, 0.25) is 0 Å². The lowest BCUT2D eigenvalue weighted by atomic mass is 9.89. The first-order valence-electron chi connectivity index (χ1n) is 13.8. The van der Waals surface area contributed by atoms with Gasteiger partial charge in [-0.15, -0.1) is 0 Å². The average Bonchev–Trinajstić information content (AvgIpc) is 3.36. The van der Waals surface area contributed by atoms with Crippen LogP contribution in [-0.2, 0) is 30.6 Å². The summed E-state index contributed by atoms with van der Waals surface area (Å²) in [5, 5.41) is 20.4. The molecule has 0 saturated heterocycles. The highest BCUT2D eigenvalue weighted by Crippen LogP contribution is 2.26. The predicted molar refractivity (Wildman–Crippen MR) is 153 cm³/mol. The molecule has 8 nitrogen and oxygen atoms in total. The summed E-state index contributed by atoms with van der Waals surface area (Å²) in [4.78, 5) is 27.9. The minimum absolute atomic E-state index is 0.0606. The van der Waals surface area contributed by atoms with Crippen LogP contribution in [0.1, 0.15) is 75.7 Å². The number of nitrogens with zero attached hydrogens (tertiary/aromatic N) is 3. The van der Waals surface area contributed by atoms with Crippen molar-refractivity contribution in [3.63, 3.8) is 0 Å². The fourth-order valence-corrected chi connectivity index (χ4v) is 4.66. The SMILES string of the molecule is CCCCc1nc(CC)n(CC(O)C(C)(C)C)c(=O)c1Cc1ccc(-c2ccccc2C2=NC(O)ON2)cc1. The van der Waals surface area contributed by atoms with Crippen molar-refractivity contribution in [3.8, 4) is 11.1 Å². The number of amidine groups is 1. The van der Waals surface area contributed by atoms with Crippen molar-refractivity contribution in [1.82, 2.24) is 15.0 Å². The molecule has 4 rings (SSSR count). The number of rotatable bonds is 10. The summed E-state index contributed by atoms with van der Waals surface area (Å²) < 4.78 is 1.68. The first kappa shape index (κ1) is 28.7. The van der Waals surface area contributed by atoms with Gasteiger partial charge in [0.1, 0.15) is 5.82 Å². The number of aliphatic hydroxyl groups is 2. The summed E-state index contributed by atoms with van der Waals surface area (Å²) in [5.74, 6) is 1.20. The smallest absolute Gasteiger partial charge is 0.280 e. The van der Waals surface area contributed by atoms with Crippen molar-refractivity contribution in [3.05, 3.63) is 87.1 Å². The summed E-state index contributed by atoms with van der Waals surface area (Å²) in [6.07, 6.45) is 1.94. The Morgan fingerprint density at radius 3 is 2.36 bits per heavy atom. The molecule has 0 saturated carbocycles. The van der Waals surface area contributed by atoms with E-state index in [-0.39, 0.29) is 17.5 Å². The molecule has 2 aromatic carbocycles. The zero-order chi connectivity index (χ0) is 28.2. The molecule has 2 heterocycles. The maximum Gasteiger partial charge on any atom is 0.280 e. The summed E-state index contributed by atoms with van der Waals surface area (Å²) in [5.41, 5.74) is 7.60. The minimum Gasteiger partial charge on any atom is -0.391 e. The maximum absolute atomic E-state index is 13.9. The van der Waals surface area contributed by atoms with E-state index in [1.807, 2.05) is 76.2 Å². The first-order valence-corrected chi connectivity index (χ1v) is 13.8. The molecule has 208 valence electrons. The van der Waals surface area contributed by atoms with Crippen LogP contribution in [0.4, 0.5) is 0 Å². The number of aliphatic imine (C=N–C) groups is 1. The predicted octanol–water partition coefficient (Wildman–Crippen LogP) is 4.37. The van der Waals surface area contributed by atoms with E-state index in [0.29, 0.717) is 24.2 Å². The van der Waals surface area contributed by atoms with Crippen LogP contribution in [0.5, 0.6) is 0 Å². The third-order valence-corrected chi connectivity index (χ3v) is 7.19. The van der Waals surface area contributed by atoms with Crippen molar-refractivity contribution in [2.24, 2.45) is 10.4 Å². The number of nitrogens with one attached hydrogen (secondary N) is 1.